The second-order valence-corrected chi connectivity index (χ2v) is 12.3. The normalized spacial score (nSPS) is 11.6. The molecule has 1 rings (SSSR count). The molecule has 2 heteroatoms. The Morgan fingerprint density at radius 3 is 1.24 bits per heavy atom. The number of aryl methyl sites for hydroxylation is 2. The molecule has 0 aliphatic rings. The van der Waals surface area contributed by atoms with Crippen molar-refractivity contribution in [1.29, 1.82) is 0 Å². The summed E-state index contributed by atoms with van der Waals surface area (Å²) < 4.78 is 5.18. The highest BCUT2D eigenvalue weighted by atomic mass is 15.1. The van der Waals surface area contributed by atoms with Gasteiger partial charge < -0.3 is 0 Å². The van der Waals surface area contributed by atoms with E-state index in [1.165, 1.54) is 193 Å². The van der Waals surface area contributed by atoms with Gasteiger partial charge in [-0.3, -0.25) is 0 Å². The van der Waals surface area contributed by atoms with Crippen molar-refractivity contribution in [1.82, 2.24) is 4.57 Å². The summed E-state index contributed by atoms with van der Waals surface area (Å²) in [4.78, 5) is 0. The lowest BCUT2D eigenvalue weighted by Crippen LogP contribution is -2.37. The Balaban J connectivity index is 2.13. The molecule has 1 aromatic rings. The van der Waals surface area contributed by atoms with E-state index >= 15 is 0 Å². The van der Waals surface area contributed by atoms with E-state index in [0.29, 0.717) is 0 Å². The molecule has 2 nitrogen and oxygen atoms in total. The molecular weight excluding hydrogens is 460 g/mol. The van der Waals surface area contributed by atoms with Crippen LogP contribution in [0, 0.1) is 0 Å². The zero-order valence-corrected chi connectivity index (χ0v) is 26.8. The van der Waals surface area contributed by atoms with Crippen LogP contribution in [0.2, 0.25) is 0 Å². The molecule has 0 spiro atoms. The summed E-state index contributed by atoms with van der Waals surface area (Å²) in [5.41, 5.74) is 0. The van der Waals surface area contributed by atoms with E-state index in [1.54, 1.807) is 5.82 Å². The minimum absolute atomic E-state index is 1.20. The van der Waals surface area contributed by atoms with Crippen LogP contribution in [0.15, 0.2) is 12.4 Å². The van der Waals surface area contributed by atoms with Crippen molar-refractivity contribution in [2.45, 2.75) is 214 Å². The van der Waals surface area contributed by atoms with Crippen LogP contribution in [0.3, 0.4) is 0 Å². The Labute approximate surface area is 240 Å². The topological polar surface area (TPSA) is 8.81 Å². The summed E-state index contributed by atoms with van der Waals surface area (Å²) in [7, 11) is 0. The van der Waals surface area contributed by atoms with Gasteiger partial charge in [-0.05, 0) is 25.7 Å². The first-order chi connectivity index (χ1) is 18.8. The van der Waals surface area contributed by atoms with Gasteiger partial charge in [-0.2, -0.15) is 0 Å². The molecule has 0 N–H and O–H groups in total. The molecule has 0 saturated heterocycles. The number of imidazole rings is 1. The molecular formula is C36H71N2+. The minimum atomic E-state index is 1.20. The molecule has 0 saturated carbocycles. The summed E-state index contributed by atoms with van der Waals surface area (Å²) in [6, 6.07) is 0. The van der Waals surface area contributed by atoms with Crippen LogP contribution in [-0.2, 0) is 19.5 Å². The first-order valence-corrected chi connectivity index (χ1v) is 17.9. The molecule has 0 atom stereocenters. The standard InChI is InChI=1S/C36H71N2/c1-4-7-10-12-14-16-18-20-22-24-26-28-30-33-38-35-34-37(32-9-6-3)36(38)31-29-27-25-23-21-19-17-15-13-11-8-5-2/h34-35H,4-33H2,1-3H3/q+1. The molecule has 38 heavy (non-hydrogen) atoms. The minimum Gasteiger partial charge on any atom is -0.234 e. The van der Waals surface area contributed by atoms with Crippen LogP contribution < -0.4 is 4.57 Å². The maximum absolute atomic E-state index is 2.60. The van der Waals surface area contributed by atoms with E-state index in [0.717, 1.165) is 0 Å². The molecule has 1 heterocycles. The summed E-state index contributed by atoms with van der Waals surface area (Å²) in [5, 5.41) is 0. The van der Waals surface area contributed by atoms with Crippen molar-refractivity contribution in [2.24, 2.45) is 0 Å². The van der Waals surface area contributed by atoms with Crippen molar-refractivity contribution in [3.63, 3.8) is 0 Å². The van der Waals surface area contributed by atoms with Gasteiger partial charge in [0.25, 0.3) is 5.82 Å². The smallest absolute Gasteiger partial charge is 0.234 e. The highest BCUT2D eigenvalue weighted by molar-refractivity contribution is 4.84. The molecule has 0 aliphatic heterocycles. The van der Waals surface area contributed by atoms with Crippen molar-refractivity contribution < 1.29 is 4.57 Å². The Hall–Kier alpha value is -0.790. The molecule has 1 aromatic heterocycles. The Bertz CT molecular complexity index is 590. The number of hydrogen-bond donors (Lipinski definition) is 0. The molecule has 0 bridgehead atoms. The lowest BCUT2D eigenvalue weighted by Gasteiger charge is -2.07. The second-order valence-electron chi connectivity index (χ2n) is 12.3. The van der Waals surface area contributed by atoms with Gasteiger partial charge in [-0.25, -0.2) is 9.13 Å². The van der Waals surface area contributed by atoms with Crippen LogP contribution in [0.4, 0.5) is 0 Å². The fraction of sp³-hybridized carbons (Fsp3) is 0.917. The predicted octanol–water partition coefficient (Wildman–Crippen LogP) is 11.9. The molecule has 0 unspecified atom stereocenters. The number of rotatable bonds is 30. The van der Waals surface area contributed by atoms with Gasteiger partial charge in [0.2, 0.25) is 0 Å². The third-order valence-electron chi connectivity index (χ3n) is 8.60. The van der Waals surface area contributed by atoms with Gasteiger partial charge in [0.05, 0.1) is 13.1 Å². The van der Waals surface area contributed by atoms with E-state index in [-0.39, 0.29) is 0 Å². The number of nitrogens with zero attached hydrogens (tertiary/aromatic N) is 2. The van der Waals surface area contributed by atoms with Crippen molar-refractivity contribution >= 4 is 0 Å². The molecule has 0 fully saturated rings. The first-order valence-electron chi connectivity index (χ1n) is 17.9. The molecule has 224 valence electrons. The van der Waals surface area contributed by atoms with Crippen LogP contribution in [0.25, 0.3) is 0 Å². The number of unbranched alkanes of at least 4 members (excludes halogenated alkanes) is 24. The summed E-state index contributed by atoms with van der Waals surface area (Å²) >= 11 is 0. The average Bonchev–Trinajstić information content (AvgIpc) is 3.31. The van der Waals surface area contributed by atoms with Crippen LogP contribution in [0.1, 0.15) is 200 Å². The highest BCUT2D eigenvalue weighted by Crippen LogP contribution is 2.15. The van der Waals surface area contributed by atoms with Gasteiger partial charge in [0, 0.05) is 6.42 Å². The van der Waals surface area contributed by atoms with E-state index < -0.39 is 0 Å². The Morgan fingerprint density at radius 2 is 0.816 bits per heavy atom. The third-order valence-corrected chi connectivity index (χ3v) is 8.60. The fourth-order valence-electron chi connectivity index (χ4n) is 5.94. The number of aromatic nitrogens is 2. The lowest BCUT2D eigenvalue weighted by molar-refractivity contribution is -0.704. The zero-order valence-electron chi connectivity index (χ0n) is 26.8. The largest absolute Gasteiger partial charge is 0.256 e. The first kappa shape index (κ1) is 35.2. The molecule has 0 aromatic carbocycles. The van der Waals surface area contributed by atoms with Crippen molar-refractivity contribution in [3.8, 4) is 0 Å². The average molecular weight is 532 g/mol. The van der Waals surface area contributed by atoms with E-state index in [4.69, 9.17) is 0 Å². The summed E-state index contributed by atoms with van der Waals surface area (Å²) in [6.45, 7) is 9.36. The van der Waals surface area contributed by atoms with Gasteiger partial charge in [0.15, 0.2) is 0 Å². The van der Waals surface area contributed by atoms with E-state index in [2.05, 4.69) is 42.3 Å². The predicted molar refractivity (Wildman–Crippen MR) is 170 cm³/mol. The Kier molecular flexibility index (Phi) is 25.7. The quantitative estimate of drug-likeness (QED) is 0.0689. The van der Waals surface area contributed by atoms with Gasteiger partial charge >= 0.3 is 0 Å². The highest BCUT2D eigenvalue weighted by Gasteiger charge is 2.16. The van der Waals surface area contributed by atoms with Gasteiger partial charge in [0.1, 0.15) is 12.4 Å². The fourth-order valence-corrected chi connectivity index (χ4v) is 5.94. The van der Waals surface area contributed by atoms with E-state index in [1.807, 2.05) is 0 Å². The maximum atomic E-state index is 2.60. The molecule has 0 aliphatic carbocycles. The van der Waals surface area contributed by atoms with Crippen molar-refractivity contribution in [2.75, 3.05) is 0 Å². The van der Waals surface area contributed by atoms with Crippen LogP contribution >= 0.6 is 0 Å². The molecule has 0 radical (unpaired) electrons. The lowest BCUT2D eigenvalue weighted by atomic mass is 10.0. The zero-order chi connectivity index (χ0) is 27.4. The maximum Gasteiger partial charge on any atom is 0.256 e. The van der Waals surface area contributed by atoms with Gasteiger partial charge in [-0.1, -0.05) is 168 Å². The van der Waals surface area contributed by atoms with Gasteiger partial charge in [-0.15, -0.1) is 0 Å². The van der Waals surface area contributed by atoms with Crippen LogP contribution in [0.5, 0.6) is 0 Å². The molecule has 0 amide bonds. The summed E-state index contributed by atoms with van der Waals surface area (Å²) in [5.74, 6) is 1.60. The monoisotopic (exact) mass is 532 g/mol. The third kappa shape index (κ3) is 20.2. The van der Waals surface area contributed by atoms with Crippen molar-refractivity contribution in [3.05, 3.63) is 18.2 Å². The second kappa shape index (κ2) is 27.8. The van der Waals surface area contributed by atoms with E-state index in [9.17, 15) is 0 Å². The summed E-state index contributed by atoms with van der Waals surface area (Å²) in [6.07, 6.45) is 44.5. The van der Waals surface area contributed by atoms with Crippen LogP contribution in [-0.4, -0.2) is 4.57 Å². The SMILES string of the molecule is CCCCCCCCCCCCCCC[n+]1ccn(CCCC)c1CCCCCCCCCCCCCC. The number of hydrogen-bond acceptors (Lipinski definition) is 0. The Morgan fingerprint density at radius 1 is 0.447 bits per heavy atom.